The molecule has 1 aliphatic rings. The number of likely N-dealkylation sites (N-methyl/N-ethyl adjacent to an activating group) is 1. The van der Waals surface area contributed by atoms with E-state index in [2.05, 4.69) is 35.4 Å². The lowest BCUT2D eigenvalue weighted by molar-refractivity contribution is -0.137. The highest BCUT2D eigenvalue weighted by atomic mass is 19.4. The van der Waals surface area contributed by atoms with Gasteiger partial charge in [0.2, 0.25) is 5.95 Å². The van der Waals surface area contributed by atoms with E-state index in [0.717, 1.165) is 55.8 Å². The number of hydrogen-bond acceptors (Lipinski definition) is 8. The number of nitrogen functional groups attached to an aromatic ring is 1. The highest BCUT2D eigenvalue weighted by molar-refractivity contribution is 5.91. The van der Waals surface area contributed by atoms with Crippen LogP contribution in [0.5, 0.6) is 0 Å². The smallest absolute Gasteiger partial charge is 0.399 e. The van der Waals surface area contributed by atoms with Gasteiger partial charge in [-0.2, -0.15) is 18.2 Å². The molecule has 8 nitrogen and oxygen atoms in total. The van der Waals surface area contributed by atoms with Gasteiger partial charge in [0.05, 0.1) is 17.3 Å². The van der Waals surface area contributed by atoms with Crippen molar-refractivity contribution in [3.8, 4) is 0 Å². The minimum atomic E-state index is -4.44. The number of anilines is 4. The van der Waals surface area contributed by atoms with Crippen LogP contribution in [0.1, 0.15) is 24.0 Å². The van der Waals surface area contributed by atoms with Gasteiger partial charge >= 0.3 is 6.18 Å². The summed E-state index contributed by atoms with van der Waals surface area (Å²) < 4.78 is 39.5. The fourth-order valence-corrected chi connectivity index (χ4v) is 4.10. The molecule has 4 N–H and O–H groups in total. The summed E-state index contributed by atoms with van der Waals surface area (Å²) >= 11 is 0. The number of nitrogens with one attached hydrogen (secondary N) is 2. The molecule has 1 aromatic carbocycles. The average Bonchev–Trinajstić information content (AvgIpc) is 3.33. The second kappa shape index (κ2) is 10.5. The summed E-state index contributed by atoms with van der Waals surface area (Å²) in [7, 11) is 3.97. The van der Waals surface area contributed by atoms with Gasteiger partial charge in [-0.05, 0) is 63.2 Å². The van der Waals surface area contributed by atoms with E-state index in [1.807, 2.05) is 20.2 Å². The Labute approximate surface area is 202 Å². The molecule has 0 saturated carbocycles. The van der Waals surface area contributed by atoms with Gasteiger partial charge in [0.1, 0.15) is 11.6 Å². The lowest BCUT2D eigenvalue weighted by Gasteiger charge is -2.18. The van der Waals surface area contributed by atoms with Gasteiger partial charge in [-0.25, -0.2) is 9.97 Å². The molecule has 0 atom stereocenters. The summed E-state index contributed by atoms with van der Waals surface area (Å²) in [5, 5.41) is 7.36. The number of alkyl halides is 3. The summed E-state index contributed by atoms with van der Waals surface area (Å²) in [5.74, 6) is 1.96. The summed E-state index contributed by atoms with van der Waals surface area (Å²) in [6.45, 7) is 3.78. The van der Waals surface area contributed by atoms with E-state index in [0.29, 0.717) is 42.4 Å². The van der Waals surface area contributed by atoms with Crippen LogP contribution in [-0.2, 0) is 12.6 Å². The van der Waals surface area contributed by atoms with Crippen molar-refractivity contribution in [3.05, 3.63) is 41.6 Å². The third kappa shape index (κ3) is 6.41. The molecule has 3 heterocycles. The minimum Gasteiger partial charge on any atom is -0.399 e. The van der Waals surface area contributed by atoms with E-state index in [9.17, 15) is 13.2 Å². The van der Waals surface area contributed by atoms with Crippen LogP contribution >= 0.6 is 0 Å². The lowest BCUT2D eigenvalue weighted by atomic mass is 10.1. The Morgan fingerprint density at radius 1 is 1.03 bits per heavy atom. The van der Waals surface area contributed by atoms with Gasteiger partial charge in [-0.1, -0.05) is 0 Å². The summed E-state index contributed by atoms with van der Waals surface area (Å²) in [4.78, 5) is 18.2. The maximum absolute atomic E-state index is 13.2. The lowest BCUT2D eigenvalue weighted by Crippen LogP contribution is -2.22. The maximum Gasteiger partial charge on any atom is 0.416 e. The Morgan fingerprint density at radius 2 is 1.80 bits per heavy atom. The molecule has 35 heavy (non-hydrogen) atoms. The topological polar surface area (TPSA) is 95.2 Å². The zero-order chi connectivity index (χ0) is 25.0. The number of aromatic nitrogens is 3. The third-order valence-corrected chi connectivity index (χ3v) is 5.89. The first-order chi connectivity index (χ1) is 16.7. The van der Waals surface area contributed by atoms with Crippen molar-refractivity contribution in [2.75, 3.05) is 68.1 Å². The normalized spacial score (nSPS) is 14.2. The minimum absolute atomic E-state index is 0.0935. The molecule has 0 bridgehead atoms. The van der Waals surface area contributed by atoms with Crippen LogP contribution in [0.25, 0.3) is 10.9 Å². The van der Waals surface area contributed by atoms with Crippen molar-refractivity contribution in [1.29, 1.82) is 0 Å². The first-order valence-corrected chi connectivity index (χ1v) is 11.7. The van der Waals surface area contributed by atoms with Gasteiger partial charge in [0, 0.05) is 43.8 Å². The van der Waals surface area contributed by atoms with Crippen molar-refractivity contribution < 1.29 is 13.2 Å². The number of nitrogens with zero attached hydrogens (tertiary/aromatic N) is 5. The molecule has 1 aliphatic heterocycles. The van der Waals surface area contributed by atoms with E-state index in [1.54, 1.807) is 12.3 Å². The zero-order valence-corrected chi connectivity index (χ0v) is 20.0. The van der Waals surface area contributed by atoms with Crippen molar-refractivity contribution in [1.82, 2.24) is 19.9 Å². The van der Waals surface area contributed by atoms with Crippen LogP contribution in [0.3, 0.4) is 0 Å². The molecule has 11 heteroatoms. The SMILES string of the molecule is CN(C)CCNc1nc(NCCc2cc(N)cc(C(F)(F)F)c2)c2cc(N3CCCC3)ncc2n1. The Hall–Kier alpha value is -3.34. The van der Waals surface area contributed by atoms with Gasteiger partial charge < -0.3 is 26.2 Å². The van der Waals surface area contributed by atoms with E-state index >= 15 is 0 Å². The molecule has 0 unspecified atom stereocenters. The number of fused-ring (bicyclic) bond motifs is 1. The standard InChI is InChI=1S/C24H31F3N8/c1-34(2)10-7-30-23-32-20-15-31-21(35-8-3-4-9-35)14-19(20)22(33-23)29-6-5-16-11-17(24(25,26)27)13-18(28)12-16/h11-15H,3-10,28H2,1-2H3,(H2,29,30,32,33). The summed E-state index contributed by atoms with van der Waals surface area (Å²) in [6, 6.07) is 5.64. The third-order valence-electron chi connectivity index (χ3n) is 5.89. The van der Waals surface area contributed by atoms with Crippen LogP contribution in [0.2, 0.25) is 0 Å². The number of nitrogens with two attached hydrogens (primary N) is 1. The van der Waals surface area contributed by atoms with E-state index in [1.165, 1.54) is 0 Å². The van der Waals surface area contributed by atoms with Crippen LogP contribution in [0, 0.1) is 0 Å². The fourth-order valence-electron chi connectivity index (χ4n) is 4.10. The Kier molecular flexibility index (Phi) is 7.44. The zero-order valence-electron chi connectivity index (χ0n) is 20.0. The molecular weight excluding hydrogens is 457 g/mol. The van der Waals surface area contributed by atoms with Gasteiger partial charge in [-0.15, -0.1) is 0 Å². The summed E-state index contributed by atoms with van der Waals surface area (Å²) in [6.07, 6.45) is -0.0631. The molecule has 1 saturated heterocycles. The van der Waals surface area contributed by atoms with Crippen LogP contribution < -0.4 is 21.3 Å². The van der Waals surface area contributed by atoms with E-state index in [4.69, 9.17) is 5.73 Å². The predicted molar refractivity (Wildman–Crippen MR) is 134 cm³/mol. The number of hydrogen-bond donors (Lipinski definition) is 3. The largest absolute Gasteiger partial charge is 0.416 e. The maximum atomic E-state index is 13.2. The van der Waals surface area contributed by atoms with Gasteiger partial charge in [-0.3, -0.25) is 0 Å². The number of halogens is 3. The van der Waals surface area contributed by atoms with Crippen LogP contribution in [0.15, 0.2) is 30.5 Å². The Morgan fingerprint density at radius 3 is 2.51 bits per heavy atom. The Bertz CT molecular complexity index is 1160. The van der Waals surface area contributed by atoms with E-state index in [-0.39, 0.29) is 5.69 Å². The highest BCUT2D eigenvalue weighted by Gasteiger charge is 2.31. The monoisotopic (exact) mass is 488 g/mol. The van der Waals surface area contributed by atoms with Gasteiger partial charge in [0.25, 0.3) is 0 Å². The summed E-state index contributed by atoms with van der Waals surface area (Å²) in [5.41, 5.74) is 6.27. The molecule has 0 radical (unpaired) electrons. The molecule has 4 rings (SSSR count). The number of pyridine rings is 1. The molecule has 3 aromatic rings. The van der Waals surface area contributed by atoms with Crippen molar-refractivity contribution >= 4 is 34.2 Å². The molecular formula is C24H31F3N8. The van der Waals surface area contributed by atoms with Gasteiger partial charge in [0.15, 0.2) is 0 Å². The predicted octanol–water partition coefficient (Wildman–Crippen LogP) is 3.85. The second-order valence-corrected chi connectivity index (χ2v) is 9.02. The molecule has 188 valence electrons. The molecule has 0 aliphatic carbocycles. The quantitative estimate of drug-likeness (QED) is 0.391. The fraction of sp³-hybridized carbons (Fsp3) is 0.458. The number of rotatable bonds is 9. The highest BCUT2D eigenvalue weighted by Crippen LogP contribution is 2.32. The molecule has 0 spiro atoms. The van der Waals surface area contributed by atoms with Crippen molar-refractivity contribution in [3.63, 3.8) is 0 Å². The van der Waals surface area contributed by atoms with Crippen molar-refractivity contribution in [2.24, 2.45) is 0 Å². The number of benzene rings is 1. The Balaban J connectivity index is 1.57. The van der Waals surface area contributed by atoms with Crippen LogP contribution in [-0.4, -0.2) is 66.7 Å². The molecule has 2 aromatic heterocycles. The van der Waals surface area contributed by atoms with E-state index < -0.39 is 11.7 Å². The first-order valence-electron chi connectivity index (χ1n) is 11.7. The van der Waals surface area contributed by atoms with Crippen LogP contribution in [0.4, 0.5) is 36.4 Å². The first kappa shape index (κ1) is 24.8. The van der Waals surface area contributed by atoms with Crippen molar-refractivity contribution in [2.45, 2.75) is 25.4 Å². The molecule has 1 fully saturated rings. The average molecular weight is 489 g/mol. The second-order valence-electron chi connectivity index (χ2n) is 9.02. The molecule has 0 amide bonds.